The van der Waals surface area contributed by atoms with E-state index in [0.717, 1.165) is 22.5 Å². The quantitative estimate of drug-likeness (QED) is 0.806. The Bertz CT molecular complexity index is 603. The van der Waals surface area contributed by atoms with Gasteiger partial charge in [-0.1, -0.05) is 6.08 Å². The number of hydrogen-bond donors (Lipinski definition) is 2. The summed E-state index contributed by atoms with van der Waals surface area (Å²) in [5.41, 5.74) is 2.66. The second-order valence-corrected chi connectivity index (χ2v) is 4.30. The van der Waals surface area contributed by atoms with Crippen LogP contribution >= 0.6 is 0 Å². The Morgan fingerprint density at radius 2 is 2.39 bits per heavy atom. The third kappa shape index (κ3) is 2.66. The zero-order valence-electron chi connectivity index (χ0n) is 10.4. The standard InChI is InChI=1S/C13H15N5/c1-9(2)17-11-8-16-13-12(18-11)10(7-15-13)5-3-4-6-14/h3-4,7-9H,5H2,1-2H3,(H,15,16)(H,17,18)/b4-3-. The highest BCUT2D eigenvalue weighted by Crippen LogP contribution is 2.17. The lowest BCUT2D eigenvalue weighted by molar-refractivity contribution is 0.888. The van der Waals surface area contributed by atoms with Crippen molar-refractivity contribution in [1.82, 2.24) is 15.0 Å². The summed E-state index contributed by atoms with van der Waals surface area (Å²) in [5, 5.41) is 11.7. The van der Waals surface area contributed by atoms with Crippen molar-refractivity contribution in [3.8, 4) is 6.07 Å². The number of anilines is 1. The van der Waals surface area contributed by atoms with Gasteiger partial charge in [0.2, 0.25) is 0 Å². The summed E-state index contributed by atoms with van der Waals surface area (Å²) >= 11 is 0. The molecule has 5 nitrogen and oxygen atoms in total. The molecule has 0 saturated carbocycles. The second-order valence-electron chi connectivity index (χ2n) is 4.30. The molecule has 2 aromatic heterocycles. The first-order valence-corrected chi connectivity index (χ1v) is 5.85. The van der Waals surface area contributed by atoms with Crippen LogP contribution in [0.3, 0.4) is 0 Å². The van der Waals surface area contributed by atoms with Gasteiger partial charge < -0.3 is 10.3 Å². The molecule has 0 radical (unpaired) electrons. The maximum atomic E-state index is 8.47. The van der Waals surface area contributed by atoms with Crippen LogP contribution in [0.2, 0.25) is 0 Å². The average Bonchev–Trinajstić information content (AvgIpc) is 2.72. The van der Waals surface area contributed by atoms with Gasteiger partial charge in [0.15, 0.2) is 5.65 Å². The lowest BCUT2D eigenvalue weighted by atomic mass is 10.2. The van der Waals surface area contributed by atoms with Crippen molar-refractivity contribution in [3.05, 3.63) is 30.1 Å². The van der Waals surface area contributed by atoms with Crippen LogP contribution in [0.5, 0.6) is 0 Å². The van der Waals surface area contributed by atoms with E-state index in [1.807, 2.05) is 18.3 Å². The zero-order valence-corrected chi connectivity index (χ0v) is 10.4. The van der Waals surface area contributed by atoms with Gasteiger partial charge in [0.1, 0.15) is 11.3 Å². The third-order valence-electron chi connectivity index (χ3n) is 2.43. The smallest absolute Gasteiger partial charge is 0.156 e. The molecule has 0 amide bonds. The molecule has 0 atom stereocenters. The number of aromatic nitrogens is 3. The fourth-order valence-corrected chi connectivity index (χ4v) is 1.70. The van der Waals surface area contributed by atoms with E-state index in [4.69, 9.17) is 5.26 Å². The van der Waals surface area contributed by atoms with E-state index >= 15 is 0 Å². The Hall–Kier alpha value is -2.35. The SMILES string of the molecule is CC(C)Nc1cnc2[nH]cc(C/C=C\C#N)c2n1. The van der Waals surface area contributed by atoms with Crippen molar-refractivity contribution in [2.24, 2.45) is 0 Å². The van der Waals surface area contributed by atoms with Gasteiger partial charge in [-0.05, 0) is 20.3 Å². The Kier molecular flexibility index (Phi) is 3.58. The highest BCUT2D eigenvalue weighted by Gasteiger charge is 2.07. The first kappa shape index (κ1) is 12.1. The molecule has 92 valence electrons. The lowest BCUT2D eigenvalue weighted by Gasteiger charge is -2.08. The van der Waals surface area contributed by atoms with Gasteiger partial charge in [0.05, 0.1) is 12.3 Å². The van der Waals surface area contributed by atoms with Crippen LogP contribution < -0.4 is 5.32 Å². The van der Waals surface area contributed by atoms with Crippen LogP contribution in [0.15, 0.2) is 24.5 Å². The number of nitriles is 1. The van der Waals surface area contributed by atoms with Crippen LogP contribution in [0, 0.1) is 11.3 Å². The molecule has 0 bridgehead atoms. The summed E-state index contributed by atoms with van der Waals surface area (Å²) in [6.07, 6.45) is 7.56. The Labute approximate surface area is 106 Å². The van der Waals surface area contributed by atoms with Gasteiger partial charge in [0, 0.05) is 23.9 Å². The van der Waals surface area contributed by atoms with Crippen LogP contribution in [-0.4, -0.2) is 21.0 Å². The van der Waals surface area contributed by atoms with E-state index in [0.29, 0.717) is 12.5 Å². The first-order chi connectivity index (χ1) is 8.70. The number of hydrogen-bond acceptors (Lipinski definition) is 4. The first-order valence-electron chi connectivity index (χ1n) is 5.85. The second kappa shape index (κ2) is 5.32. The number of H-pyrrole nitrogens is 1. The van der Waals surface area contributed by atoms with E-state index in [2.05, 4.69) is 34.1 Å². The van der Waals surface area contributed by atoms with Crippen LogP contribution in [0.1, 0.15) is 19.4 Å². The monoisotopic (exact) mass is 241 g/mol. The minimum Gasteiger partial charge on any atom is -0.367 e. The highest BCUT2D eigenvalue weighted by atomic mass is 15.0. The molecule has 0 unspecified atom stereocenters. The van der Waals surface area contributed by atoms with Crippen molar-refractivity contribution < 1.29 is 0 Å². The predicted octanol–water partition coefficient (Wildman–Crippen LogP) is 2.40. The molecule has 18 heavy (non-hydrogen) atoms. The van der Waals surface area contributed by atoms with Crippen molar-refractivity contribution in [1.29, 1.82) is 5.26 Å². The summed E-state index contributed by atoms with van der Waals surface area (Å²) in [4.78, 5) is 11.9. The Morgan fingerprint density at radius 3 is 3.11 bits per heavy atom. The number of fused-ring (bicyclic) bond motifs is 1. The van der Waals surface area contributed by atoms with Gasteiger partial charge in [-0.2, -0.15) is 5.26 Å². The van der Waals surface area contributed by atoms with Gasteiger partial charge in [-0.25, -0.2) is 9.97 Å². The summed E-state index contributed by atoms with van der Waals surface area (Å²) in [7, 11) is 0. The van der Waals surface area contributed by atoms with E-state index in [9.17, 15) is 0 Å². The fourth-order valence-electron chi connectivity index (χ4n) is 1.70. The van der Waals surface area contributed by atoms with E-state index in [1.54, 1.807) is 6.20 Å². The van der Waals surface area contributed by atoms with Crippen LogP contribution in [0.25, 0.3) is 11.2 Å². The molecule has 0 aliphatic rings. The van der Waals surface area contributed by atoms with Gasteiger partial charge in [-0.15, -0.1) is 0 Å². The summed E-state index contributed by atoms with van der Waals surface area (Å²) in [6.45, 7) is 4.11. The number of nitrogens with one attached hydrogen (secondary N) is 2. The van der Waals surface area contributed by atoms with Gasteiger partial charge in [0.25, 0.3) is 0 Å². The molecular weight excluding hydrogens is 226 g/mol. The minimum absolute atomic E-state index is 0.317. The van der Waals surface area contributed by atoms with Crippen LogP contribution in [-0.2, 0) is 6.42 Å². The van der Waals surface area contributed by atoms with Crippen LogP contribution in [0.4, 0.5) is 5.82 Å². The van der Waals surface area contributed by atoms with Crippen molar-refractivity contribution in [2.75, 3.05) is 5.32 Å². The molecule has 0 aromatic carbocycles. The van der Waals surface area contributed by atoms with Gasteiger partial charge in [-0.3, -0.25) is 0 Å². The zero-order chi connectivity index (χ0) is 13.0. The molecule has 0 aliphatic carbocycles. The van der Waals surface area contributed by atoms with Crippen molar-refractivity contribution in [3.63, 3.8) is 0 Å². The lowest BCUT2D eigenvalue weighted by Crippen LogP contribution is -2.11. The molecule has 0 fully saturated rings. The number of nitrogens with zero attached hydrogens (tertiary/aromatic N) is 3. The molecule has 2 heterocycles. The predicted molar refractivity (Wildman–Crippen MR) is 71.1 cm³/mol. The molecule has 0 aliphatic heterocycles. The summed E-state index contributed by atoms with van der Waals surface area (Å²) in [6, 6.07) is 2.29. The molecule has 0 saturated heterocycles. The summed E-state index contributed by atoms with van der Waals surface area (Å²) in [5.74, 6) is 0.766. The highest BCUT2D eigenvalue weighted by molar-refractivity contribution is 5.76. The van der Waals surface area contributed by atoms with Gasteiger partial charge >= 0.3 is 0 Å². The largest absolute Gasteiger partial charge is 0.367 e. The molecule has 2 rings (SSSR count). The Balaban J connectivity index is 2.31. The third-order valence-corrected chi connectivity index (χ3v) is 2.43. The van der Waals surface area contributed by atoms with Crippen molar-refractivity contribution >= 4 is 17.0 Å². The fraction of sp³-hybridized carbons (Fsp3) is 0.308. The average molecular weight is 241 g/mol. The molecule has 2 N–H and O–H groups in total. The minimum atomic E-state index is 0.317. The van der Waals surface area contributed by atoms with Crippen molar-refractivity contribution in [2.45, 2.75) is 26.3 Å². The topological polar surface area (TPSA) is 77.4 Å². The van der Waals surface area contributed by atoms with E-state index < -0.39 is 0 Å². The molecule has 2 aromatic rings. The maximum absolute atomic E-state index is 8.47. The molecule has 0 spiro atoms. The number of allylic oxidation sites excluding steroid dienone is 2. The van der Waals surface area contributed by atoms with E-state index in [-0.39, 0.29) is 0 Å². The Morgan fingerprint density at radius 1 is 1.56 bits per heavy atom. The van der Waals surface area contributed by atoms with E-state index in [1.165, 1.54) is 6.08 Å². The number of aromatic amines is 1. The number of rotatable bonds is 4. The normalized spacial score (nSPS) is 11.2. The maximum Gasteiger partial charge on any atom is 0.156 e. The summed E-state index contributed by atoms with van der Waals surface area (Å²) < 4.78 is 0. The molecular formula is C13H15N5. The molecule has 5 heteroatoms.